The zero-order valence-electron chi connectivity index (χ0n) is 17.8. The molecule has 0 aromatic heterocycles. The molecule has 0 N–H and O–H groups in total. The topological polar surface area (TPSA) is 193 Å². The maximum atomic E-state index is 12.4. The van der Waals surface area contributed by atoms with E-state index in [1.165, 1.54) is 0 Å². The molecule has 0 bridgehead atoms. The summed E-state index contributed by atoms with van der Waals surface area (Å²) in [7, 11) is 1.86. The number of rotatable bonds is 9. The van der Waals surface area contributed by atoms with E-state index in [0.717, 1.165) is 35.0 Å². The maximum Gasteiger partial charge on any atom is 0.320 e. The second kappa shape index (κ2) is 11.8. The minimum absolute atomic E-state index is 0.601. The number of carbonyl (C=O) groups excluding carboxylic acids is 5. The summed E-state index contributed by atoms with van der Waals surface area (Å²) in [6.45, 7) is 2.43. The molecule has 5 atom stereocenters. The van der Waals surface area contributed by atoms with E-state index in [1.54, 1.807) is 0 Å². The Labute approximate surface area is 181 Å². The third-order valence-electron chi connectivity index (χ3n) is 4.23. The molecule has 1 aliphatic heterocycles. The maximum absolute atomic E-state index is 12.4. The molecule has 180 valence electrons. The highest BCUT2D eigenvalue weighted by molar-refractivity contribution is 5.95. The lowest BCUT2D eigenvalue weighted by atomic mass is 9.80. The van der Waals surface area contributed by atoms with Crippen LogP contribution >= 0.6 is 0 Å². The third-order valence-corrected chi connectivity index (χ3v) is 4.23. The Morgan fingerprint density at radius 1 is 0.906 bits per heavy atom. The summed E-state index contributed by atoms with van der Waals surface area (Å²) in [5.41, 5.74) is 0. The predicted octanol–water partition coefficient (Wildman–Crippen LogP) is -1.08. The monoisotopic (exact) mass is 465 g/mol. The van der Waals surface area contributed by atoms with Crippen molar-refractivity contribution in [2.75, 3.05) is 20.8 Å². The van der Waals surface area contributed by atoms with Crippen molar-refractivity contribution < 1.29 is 62.3 Å². The Hall–Kier alpha value is -3.49. The molecule has 0 unspecified atom stereocenters. The van der Waals surface area contributed by atoms with Gasteiger partial charge in [0.05, 0.1) is 20.1 Å². The van der Waals surface area contributed by atoms with Crippen molar-refractivity contribution in [1.29, 1.82) is 0 Å². The summed E-state index contributed by atoms with van der Waals surface area (Å²) in [4.78, 5) is 75.0. The van der Waals surface area contributed by atoms with Gasteiger partial charge in [0, 0.05) is 20.8 Å². The van der Waals surface area contributed by atoms with Crippen molar-refractivity contribution in [1.82, 2.24) is 0 Å². The summed E-state index contributed by atoms with van der Waals surface area (Å²) in [5, 5.41) is 9.79. The number of nitrogens with zero attached hydrogens (tertiary/aromatic N) is 1. The van der Waals surface area contributed by atoms with Crippen LogP contribution in [0.25, 0.3) is 0 Å². The molecule has 0 saturated carbocycles. The first kappa shape index (κ1) is 26.5. The zero-order chi connectivity index (χ0) is 24.6. The summed E-state index contributed by atoms with van der Waals surface area (Å²) < 4.78 is 29.7. The SMILES string of the molecule is COC(=O)C(C(=O)OC)[C@H]1[C@@H](O[N+](=O)[O-])O[C@H](COC(C)=O)[C@H](OC(C)=O)[C@@H]1OC(C)=O. The average Bonchev–Trinajstić information content (AvgIpc) is 2.68. The molecule has 15 heteroatoms. The number of hydrogen-bond donors (Lipinski definition) is 0. The Balaban J connectivity index is 3.64. The molecule has 0 aromatic rings. The van der Waals surface area contributed by atoms with Crippen LogP contribution in [0, 0.1) is 22.0 Å². The summed E-state index contributed by atoms with van der Waals surface area (Å²) >= 11 is 0. The summed E-state index contributed by atoms with van der Waals surface area (Å²) in [5.74, 6) is -8.79. The van der Waals surface area contributed by atoms with Crippen molar-refractivity contribution in [3.63, 3.8) is 0 Å². The van der Waals surface area contributed by atoms with Crippen LogP contribution in [0.3, 0.4) is 0 Å². The highest BCUT2D eigenvalue weighted by atomic mass is 17.0. The van der Waals surface area contributed by atoms with Gasteiger partial charge in [-0.25, -0.2) is 0 Å². The van der Waals surface area contributed by atoms with Gasteiger partial charge < -0.3 is 28.4 Å². The number of hydrogen-bond acceptors (Lipinski definition) is 14. The Kier molecular flexibility index (Phi) is 9.77. The minimum Gasteiger partial charge on any atom is -0.468 e. The standard InChI is InChI=1S/C17H23NO14/c1-7(19)28-6-10-13(29-8(2)20)14(30-9(3)21)11(17(31-10)32-18(24)25)12(15(22)26-4)16(23)27-5/h10-14,17H,6H2,1-5H3/t10-,11-,13+,14-,17-/m1/s1. The fourth-order valence-corrected chi connectivity index (χ4v) is 3.12. The first-order valence-electron chi connectivity index (χ1n) is 9.02. The highest BCUT2D eigenvalue weighted by Crippen LogP contribution is 2.37. The summed E-state index contributed by atoms with van der Waals surface area (Å²) in [6.07, 6.45) is -6.74. The van der Waals surface area contributed by atoms with Crippen LogP contribution in [-0.4, -0.2) is 80.4 Å². The number of esters is 5. The van der Waals surface area contributed by atoms with Crippen molar-refractivity contribution >= 4 is 29.8 Å². The number of ether oxygens (including phenoxy) is 6. The van der Waals surface area contributed by atoms with Crippen LogP contribution in [0.15, 0.2) is 0 Å². The lowest BCUT2D eigenvalue weighted by Gasteiger charge is -2.45. The van der Waals surface area contributed by atoms with E-state index >= 15 is 0 Å². The van der Waals surface area contributed by atoms with Gasteiger partial charge in [-0.3, -0.25) is 28.8 Å². The van der Waals surface area contributed by atoms with Crippen molar-refractivity contribution in [3.8, 4) is 0 Å². The zero-order valence-corrected chi connectivity index (χ0v) is 17.8. The van der Waals surface area contributed by atoms with Gasteiger partial charge in [0.25, 0.3) is 5.09 Å². The third kappa shape index (κ3) is 7.04. The molecule has 0 aromatic carbocycles. The van der Waals surface area contributed by atoms with Gasteiger partial charge in [-0.1, -0.05) is 0 Å². The largest absolute Gasteiger partial charge is 0.468 e. The lowest BCUT2D eigenvalue weighted by Crippen LogP contribution is -2.63. The first-order valence-corrected chi connectivity index (χ1v) is 9.02. The fraction of sp³-hybridized carbons (Fsp3) is 0.706. The normalized spacial score (nSPS) is 24.6. The van der Waals surface area contributed by atoms with Gasteiger partial charge in [-0.2, -0.15) is 0 Å². The summed E-state index contributed by atoms with van der Waals surface area (Å²) in [6, 6.07) is 0. The van der Waals surface area contributed by atoms with Gasteiger partial charge in [0.15, 0.2) is 12.0 Å². The minimum atomic E-state index is -2.02. The van der Waals surface area contributed by atoms with E-state index in [4.69, 9.17) is 18.9 Å². The second-order valence-corrected chi connectivity index (χ2v) is 6.42. The molecule has 1 aliphatic rings. The van der Waals surface area contributed by atoms with Crippen LogP contribution in [0.4, 0.5) is 0 Å². The molecular formula is C17H23NO14. The lowest BCUT2D eigenvalue weighted by molar-refractivity contribution is -0.786. The Bertz CT molecular complexity index is 736. The molecule has 0 radical (unpaired) electrons. The predicted molar refractivity (Wildman–Crippen MR) is 95.5 cm³/mol. The fourth-order valence-electron chi connectivity index (χ4n) is 3.12. The molecule has 1 rings (SSSR count). The van der Waals surface area contributed by atoms with Gasteiger partial charge in [-0.05, 0) is 0 Å². The smallest absolute Gasteiger partial charge is 0.320 e. The molecule has 0 amide bonds. The molecule has 1 heterocycles. The van der Waals surface area contributed by atoms with Crippen molar-refractivity contribution in [3.05, 3.63) is 10.1 Å². The van der Waals surface area contributed by atoms with Crippen LogP contribution in [0.1, 0.15) is 20.8 Å². The average molecular weight is 465 g/mol. The van der Waals surface area contributed by atoms with Crippen LogP contribution in [0.2, 0.25) is 0 Å². The van der Waals surface area contributed by atoms with Crippen molar-refractivity contribution in [2.45, 2.75) is 45.4 Å². The van der Waals surface area contributed by atoms with Gasteiger partial charge in [0.2, 0.25) is 6.29 Å². The van der Waals surface area contributed by atoms with E-state index in [9.17, 15) is 34.1 Å². The van der Waals surface area contributed by atoms with E-state index in [1.807, 2.05) is 0 Å². The molecule has 15 nitrogen and oxygen atoms in total. The molecule has 1 saturated heterocycles. The number of methoxy groups -OCH3 is 2. The van der Waals surface area contributed by atoms with Crippen LogP contribution in [0.5, 0.6) is 0 Å². The van der Waals surface area contributed by atoms with E-state index < -0.39 is 78.0 Å². The molecule has 0 spiro atoms. The van der Waals surface area contributed by atoms with Gasteiger partial charge in [-0.15, -0.1) is 10.1 Å². The molecule has 32 heavy (non-hydrogen) atoms. The van der Waals surface area contributed by atoms with Gasteiger partial charge in [0.1, 0.15) is 18.8 Å². The molecular weight excluding hydrogens is 442 g/mol. The van der Waals surface area contributed by atoms with E-state index in [0.29, 0.717) is 0 Å². The van der Waals surface area contributed by atoms with Crippen molar-refractivity contribution in [2.24, 2.45) is 11.8 Å². The Morgan fingerprint density at radius 2 is 1.41 bits per heavy atom. The molecule has 1 fully saturated rings. The van der Waals surface area contributed by atoms with Gasteiger partial charge >= 0.3 is 29.8 Å². The Morgan fingerprint density at radius 3 is 1.81 bits per heavy atom. The quantitative estimate of drug-likeness (QED) is 0.131. The van der Waals surface area contributed by atoms with E-state index in [-0.39, 0.29) is 0 Å². The van der Waals surface area contributed by atoms with Crippen LogP contribution in [-0.2, 0) is 57.2 Å². The number of carbonyl (C=O) groups is 5. The first-order chi connectivity index (χ1) is 14.9. The van der Waals surface area contributed by atoms with E-state index in [2.05, 4.69) is 14.3 Å². The van der Waals surface area contributed by atoms with Crippen LogP contribution < -0.4 is 0 Å². The second-order valence-electron chi connectivity index (χ2n) is 6.42. The molecule has 0 aliphatic carbocycles. The highest BCUT2D eigenvalue weighted by Gasteiger charge is 2.58.